The highest BCUT2D eigenvalue weighted by molar-refractivity contribution is 6.32. The van der Waals surface area contributed by atoms with E-state index in [0.717, 1.165) is 16.9 Å². The Morgan fingerprint density at radius 3 is 2.50 bits per heavy atom. The molecule has 24 heavy (non-hydrogen) atoms. The Bertz CT molecular complexity index is 995. The summed E-state index contributed by atoms with van der Waals surface area (Å²) in [5, 5.41) is 17.0. The van der Waals surface area contributed by atoms with E-state index < -0.39 is 0 Å². The summed E-state index contributed by atoms with van der Waals surface area (Å²) in [6, 6.07) is 11.0. The first-order valence-corrected chi connectivity index (χ1v) is 7.53. The topological polar surface area (TPSA) is 82.5 Å². The molecule has 0 amide bonds. The zero-order chi connectivity index (χ0) is 16.5. The van der Waals surface area contributed by atoms with Gasteiger partial charge in [-0.3, -0.25) is 4.98 Å². The van der Waals surface area contributed by atoms with Crippen molar-refractivity contribution < 1.29 is 4.42 Å². The second-order valence-corrected chi connectivity index (χ2v) is 5.44. The summed E-state index contributed by atoms with van der Waals surface area (Å²) >= 11 is 6.22. The van der Waals surface area contributed by atoms with Crippen molar-refractivity contribution in [3.8, 4) is 28.7 Å². The first kappa shape index (κ1) is 14.5. The first-order chi connectivity index (χ1) is 11.7. The molecule has 4 rings (SSSR count). The molecule has 1 aromatic carbocycles. The van der Waals surface area contributed by atoms with Gasteiger partial charge in [0.05, 0.1) is 16.4 Å². The fourth-order valence-corrected chi connectivity index (χ4v) is 2.52. The van der Waals surface area contributed by atoms with Gasteiger partial charge in [-0.25, -0.2) is 4.68 Å². The molecule has 0 spiro atoms. The number of hydrogen-bond donors (Lipinski definition) is 0. The normalized spacial score (nSPS) is 10.9. The molecule has 0 N–H and O–H groups in total. The van der Waals surface area contributed by atoms with Crippen molar-refractivity contribution in [1.82, 2.24) is 30.2 Å². The average Bonchev–Trinajstić information content (AvgIpc) is 3.23. The summed E-state index contributed by atoms with van der Waals surface area (Å²) in [6.45, 7) is 1.87. The van der Waals surface area contributed by atoms with Crippen LogP contribution in [0.4, 0.5) is 0 Å². The molecular weight excluding hydrogens is 328 g/mol. The van der Waals surface area contributed by atoms with Crippen LogP contribution in [0.15, 0.2) is 53.2 Å². The van der Waals surface area contributed by atoms with Crippen LogP contribution in [0.2, 0.25) is 5.02 Å². The maximum Gasteiger partial charge on any atom is 0.270 e. The van der Waals surface area contributed by atoms with Crippen LogP contribution in [-0.2, 0) is 0 Å². The van der Waals surface area contributed by atoms with Gasteiger partial charge in [-0.1, -0.05) is 28.9 Å². The van der Waals surface area contributed by atoms with E-state index in [0.29, 0.717) is 22.5 Å². The van der Waals surface area contributed by atoms with Gasteiger partial charge in [-0.05, 0) is 31.2 Å². The third-order valence-corrected chi connectivity index (χ3v) is 3.85. The third kappa shape index (κ3) is 2.44. The van der Waals surface area contributed by atoms with Crippen LogP contribution in [0.5, 0.6) is 0 Å². The summed E-state index contributed by atoms with van der Waals surface area (Å²) < 4.78 is 7.36. The maximum atomic E-state index is 6.22. The minimum atomic E-state index is 0.303. The molecule has 0 radical (unpaired) electrons. The van der Waals surface area contributed by atoms with Crippen LogP contribution in [0, 0.1) is 6.92 Å². The zero-order valence-electron chi connectivity index (χ0n) is 12.6. The number of nitrogens with zero attached hydrogens (tertiary/aromatic N) is 6. The fourth-order valence-electron chi connectivity index (χ4n) is 2.31. The highest BCUT2D eigenvalue weighted by atomic mass is 35.5. The van der Waals surface area contributed by atoms with Crippen LogP contribution in [-0.4, -0.2) is 30.2 Å². The molecule has 0 aliphatic rings. The predicted octanol–water partition coefficient (Wildman–Crippen LogP) is 3.34. The molecule has 0 atom stereocenters. The number of hydrogen-bond acceptors (Lipinski definition) is 6. The molecule has 0 bridgehead atoms. The van der Waals surface area contributed by atoms with Gasteiger partial charge in [0.2, 0.25) is 5.89 Å². The molecule has 0 fully saturated rings. The van der Waals surface area contributed by atoms with Gasteiger partial charge < -0.3 is 4.42 Å². The molecule has 7 nitrogen and oxygen atoms in total. The van der Waals surface area contributed by atoms with E-state index in [4.69, 9.17) is 16.0 Å². The van der Waals surface area contributed by atoms with E-state index in [2.05, 4.69) is 25.5 Å². The second-order valence-electron chi connectivity index (χ2n) is 5.03. The Kier molecular flexibility index (Phi) is 3.55. The lowest BCUT2D eigenvalue weighted by Crippen LogP contribution is -1.99. The maximum absolute atomic E-state index is 6.22. The monoisotopic (exact) mass is 338 g/mol. The standard InChI is InChI=1S/C16H11ClN6O/c1-10-14(19-22-23(10)13-5-3-2-4-12(13)17)16-21-20-15(24-16)11-6-8-18-9-7-11/h2-9H,1H3. The highest BCUT2D eigenvalue weighted by Crippen LogP contribution is 2.27. The summed E-state index contributed by atoms with van der Waals surface area (Å²) in [4.78, 5) is 3.97. The van der Waals surface area contributed by atoms with E-state index in [1.165, 1.54) is 0 Å². The number of benzene rings is 1. The Hall–Kier alpha value is -3.06. The second kappa shape index (κ2) is 5.86. The van der Waals surface area contributed by atoms with Crippen molar-refractivity contribution in [3.05, 3.63) is 59.5 Å². The molecule has 0 saturated heterocycles. The molecular formula is C16H11ClN6O. The van der Waals surface area contributed by atoms with Crippen LogP contribution in [0.1, 0.15) is 5.69 Å². The van der Waals surface area contributed by atoms with Crippen LogP contribution in [0.3, 0.4) is 0 Å². The van der Waals surface area contributed by atoms with Crippen molar-refractivity contribution in [3.63, 3.8) is 0 Å². The zero-order valence-corrected chi connectivity index (χ0v) is 13.3. The molecule has 8 heteroatoms. The predicted molar refractivity (Wildman–Crippen MR) is 87.6 cm³/mol. The van der Waals surface area contributed by atoms with Crippen LogP contribution >= 0.6 is 11.6 Å². The molecule has 3 aromatic heterocycles. The van der Waals surface area contributed by atoms with Gasteiger partial charge in [-0.15, -0.1) is 15.3 Å². The lowest BCUT2D eigenvalue weighted by Gasteiger charge is -2.04. The summed E-state index contributed by atoms with van der Waals surface area (Å²) in [6.07, 6.45) is 3.33. The van der Waals surface area contributed by atoms with Gasteiger partial charge in [-0.2, -0.15) is 0 Å². The molecule has 0 aliphatic carbocycles. The van der Waals surface area contributed by atoms with E-state index in [-0.39, 0.29) is 0 Å². The largest absolute Gasteiger partial charge is 0.414 e. The van der Waals surface area contributed by atoms with Gasteiger partial charge in [0, 0.05) is 18.0 Å². The Morgan fingerprint density at radius 2 is 1.71 bits per heavy atom. The van der Waals surface area contributed by atoms with Gasteiger partial charge >= 0.3 is 0 Å². The first-order valence-electron chi connectivity index (χ1n) is 7.15. The molecule has 0 saturated carbocycles. The summed E-state index contributed by atoms with van der Waals surface area (Å²) in [5.41, 5.74) is 2.81. The summed E-state index contributed by atoms with van der Waals surface area (Å²) in [5.74, 6) is 0.705. The number of para-hydroxylation sites is 1. The fraction of sp³-hybridized carbons (Fsp3) is 0.0625. The minimum absolute atomic E-state index is 0.303. The van der Waals surface area contributed by atoms with E-state index in [1.807, 2.05) is 25.1 Å². The molecule has 4 aromatic rings. The van der Waals surface area contributed by atoms with Crippen molar-refractivity contribution in [2.75, 3.05) is 0 Å². The van der Waals surface area contributed by atoms with E-state index in [9.17, 15) is 0 Å². The van der Waals surface area contributed by atoms with Crippen molar-refractivity contribution >= 4 is 11.6 Å². The van der Waals surface area contributed by atoms with Crippen LogP contribution < -0.4 is 0 Å². The number of rotatable bonds is 3. The van der Waals surface area contributed by atoms with E-state index in [1.54, 1.807) is 35.3 Å². The van der Waals surface area contributed by atoms with Gasteiger partial charge in [0.15, 0.2) is 5.69 Å². The minimum Gasteiger partial charge on any atom is -0.414 e. The molecule has 3 heterocycles. The quantitative estimate of drug-likeness (QED) is 0.569. The Morgan fingerprint density at radius 1 is 0.958 bits per heavy atom. The Balaban J connectivity index is 1.74. The van der Waals surface area contributed by atoms with Crippen molar-refractivity contribution in [2.45, 2.75) is 6.92 Å². The smallest absolute Gasteiger partial charge is 0.270 e. The lowest BCUT2D eigenvalue weighted by atomic mass is 10.3. The Labute approximate surface area is 141 Å². The van der Waals surface area contributed by atoms with Crippen molar-refractivity contribution in [2.24, 2.45) is 0 Å². The van der Waals surface area contributed by atoms with Gasteiger partial charge in [0.25, 0.3) is 5.89 Å². The third-order valence-electron chi connectivity index (χ3n) is 3.53. The lowest BCUT2D eigenvalue weighted by molar-refractivity contribution is 0.581. The highest BCUT2D eigenvalue weighted by Gasteiger charge is 2.19. The summed E-state index contributed by atoms with van der Waals surface area (Å²) in [7, 11) is 0. The van der Waals surface area contributed by atoms with Crippen LogP contribution in [0.25, 0.3) is 28.7 Å². The van der Waals surface area contributed by atoms with E-state index >= 15 is 0 Å². The molecule has 0 unspecified atom stereocenters. The number of pyridine rings is 1. The van der Waals surface area contributed by atoms with Gasteiger partial charge in [0.1, 0.15) is 0 Å². The SMILES string of the molecule is Cc1c(-c2nnc(-c3ccncc3)o2)nnn1-c1ccccc1Cl. The number of aromatic nitrogens is 6. The average molecular weight is 339 g/mol. The molecule has 0 aliphatic heterocycles. The number of halogens is 1. The molecule has 118 valence electrons. The van der Waals surface area contributed by atoms with Crippen molar-refractivity contribution in [1.29, 1.82) is 0 Å².